The zero-order valence-electron chi connectivity index (χ0n) is 19.5. The minimum absolute atomic E-state index is 0.0187. The Morgan fingerprint density at radius 1 is 1.09 bits per heavy atom. The Morgan fingerprint density at radius 2 is 1.85 bits per heavy atom. The molecule has 2 fully saturated rings. The number of hydrogen-bond donors (Lipinski definition) is 2. The number of piperazine rings is 1. The van der Waals surface area contributed by atoms with E-state index in [4.69, 9.17) is 0 Å². The van der Waals surface area contributed by atoms with Gasteiger partial charge in [0.2, 0.25) is 0 Å². The minimum atomic E-state index is -0.0993. The van der Waals surface area contributed by atoms with Crippen molar-refractivity contribution < 1.29 is 5.11 Å². The van der Waals surface area contributed by atoms with Crippen LogP contribution in [0.3, 0.4) is 0 Å². The summed E-state index contributed by atoms with van der Waals surface area (Å²) in [4.78, 5) is 22.0. The van der Waals surface area contributed by atoms with Gasteiger partial charge in [-0.1, -0.05) is 18.9 Å². The fraction of sp³-hybridized carbons (Fsp3) is 0.407. The summed E-state index contributed by atoms with van der Waals surface area (Å²) in [5.41, 5.74) is 4.97. The molecule has 0 unspecified atom stereocenters. The summed E-state index contributed by atoms with van der Waals surface area (Å²) in [5, 5.41) is 21.8. The van der Waals surface area contributed by atoms with Gasteiger partial charge in [-0.25, -0.2) is 0 Å². The highest BCUT2D eigenvalue weighted by atomic mass is 16.3. The van der Waals surface area contributed by atoms with Gasteiger partial charge < -0.3 is 24.5 Å². The Hall–Kier alpha value is -3.34. The molecule has 2 aliphatic rings. The monoisotopic (exact) mass is 455 g/mol. The van der Waals surface area contributed by atoms with Crippen molar-refractivity contribution in [2.45, 2.75) is 38.3 Å². The lowest BCUT2D eigenvalue weighted by Gasteiger charge is -2.35. The van der Waals surface area contributed by atoms with Crippen LogP contribution in [0.15, 0.2) is 35.1 Å². The fourth-order valence-electron chi connectivity index (χ4n) is 5.93. The highest BCUT2D eigenvalue weighted by Crippen LogP contribution is 2.38. The molecule has 0 atom stereocenters. The normalized spacial score (nSPS) is 17.9. The van der Waals surface area contributed by atoms with Gasteiger partial charge in [-0.2, -0.15) is 5.26 Å². The highest BCUT2D eigenvalue weighted by molar-refractivity contribution is 6.10. The first kappa shape index (κ1) is 21.2. The lowest BCUT2D eigenvalue weighted by molar-refractivity contribution is 0.280. The number of nitrogens with zero attached hydrogens (tertiary/aromatic N) is 4. The molecule has 2 N–H and O–H groups in total. The molecule has 1 aliphatic carbocycles. The van der Waals surface area contributed by atoms with Crippen molar-refractivity contribution >= 4 is 38.5 Å². The van der Waals surface area contributed by atoms with Crippen molar-refractivity contribution in [3.05, 3.63) is 51.7 Å². The van der Waals surface area contributed by atoms with Crippen molar-refractivity contribution in [1.29, 1.82) is 5.26 Å². The maximum Gasteiger partial charge on any atom is 0.199 e. The van der Waals surface area contributed by atoms with Crippen molar-refractivity contribution in [3.8, 4) is 6.07 Å². The van der Waals surface area contributed by atoms with E-state index < -0.39 is 0 Å². The second-order valence-electron chi connectivity index (χ2n) is 9.80. The average molecular weight is 456 g/mol. The summed E-state index contributed by atoms with van der Waals surface area (Å²) >= 11 is 0. The van der Waals surface area contributed by atoms with Gasteiger partial charge in [0.15, 0.2) is 5.43 Å². The summed E-state index contributed by atoms with van der Waals surface area (Å²) in [7, 11) is 2.13. The molecule has 2 aromatic carbocycles. The van der Waals surface area contributed by atoms with Gasteiger partial charge in [0, 0.05) is 59.8 Å². The smallest absolute Gasteiger partial charge is 0.199 e. The van der Waals surface area contributed by atoms with Gasteiger partial charge in [0.1, 0.15) is 5.65 Å². The first-order valence-corrected chi connectivity index (χ1v) is 12.2. The maximum absolute atomic E-state index is 13.9. The van der Waals surface area contributed by atoms with Crippen LogP contribution in [0.1, 0.15) is 42.9 Å². The van der Waals surface area contributed by atoms with Crippen LogP contribution in [-0.2, 0) is 6.61 Å². The second-order valence-corrected chi connectivity index (χ2v) is 9.80. The van der Waals surface area contributed by atoms with Crippen molar-refractivity contribution in [2.24, 2.45) is 0 Å². The Kier molecular flexibility index (Phi) is 5.09. The molecule has 4 aromatic rings. The van der Waals surface area contributed by atoms with E-state index in [9.17, 15) is 15.2 Å². The first-order valence-electron chi connectivity index (χ1n) is 12.2. The van der Waals surface area contributed by atoms with Crippen LogP contribution in [0.4, 0.5) is 5.69 Å². The lowest BCUT2D eigenvalue weighted by Crippen LogP contribution is -2.44. The molecule has 3 heterocycles. The van der Waals surface area contributed by atoms with Crippen molar-refractivity contribution in [2.75, 3.05) is 38.1 Å². The molecule has 0 amide bonds. The van der Waals surface area contributed by atoms with Crippen molar-refractivity contribution in [3.63, 3.8) is 0 Å². The number of fused-ring (bicyclic) bond motifs is 4. The molecule has 7 nitrogen and oxygen atoms in total. The van der Waals surface area contributed by atoms with Gasteiger partial charge in [-0.15, -0.1) is 0 Å². The number of likely N-dealkylation sites (N-methyl/N-ethyl adjacent to an activating group) is 1. The maximum atomic E-state index is 13.9. The summed E-state index contributed by atoms with van der Waals surface area (Å²) in [6, 6.07) is 12.0. The zero-order chi connectivity index (χ0) is 23.4. The average Bonchev–Trinajstić information content (AvgIpc) is 3.52. The molecule has 34 heavy (non-hydrogen) atoms. The molecule has 1 saturated heterocycles. The number of nitrogens with one attached hydrogen (secondary N) is 1. The largest absolute Gasteiger partial charge is 0.392 e. The highest BCUT2D eigenvalue weighted by Gasteiger charge is 2.26. The number of aromatic amines is 1. The predicted molar refractivity (Wildman–Crippen MR) is 135 cm³/mol. The number of benzene rings is 2. The van der Waals surface area contributed by atoms with Gasteiger partial charge in [0.25, 0.3) is 0 Å². The number of aliphatic hydroxyl groups is 1. The molecule has 0 bridgehead atoms. The number of anilines is 1. The Balaban J connectivity index is 1.69. The topological polar surface area (TPSA) is 88.3 Å². The third-order valence-corrected chi connectivity index (χ3v) is 7.78. The van der Waals surface area contributed by atoms with Crippen LogP contribution in [0, 0.1) is 11.3 Å². The van der Waals surface area contributed by atoms with E-state index in [2.05, 4.69) is 38.5 Å². The van der Waals surface area contributed by atoms with Crippen LogP contribution < -0.4 is 10.3 Å². The van der Waals surface area contributed by atoms with Gasteiger partial charge in [-0.05, 0) is 44.2 Å². The molecule has 7 heteroatoms. The van der Waals surface area contributed by atoms with E-state index in [-0.39, 0.29) is 12.0 Å². The molecule has 0 radical (unpaired) electrons. The number of nitriles is 1. The van der Waals surface area contributed by atoms with Crippen LogP contribution >= 0.6 is 0 Å². The number of pyridine rings is 1. The van der Waals surface area contributed by atoms with Crippen LogP contribution in [-0.4, -0.2) is 52.8 Å². The first-order chi connectivity index (χ1) is 16.6. The molecular formula is C27H29N5O2. The summed E-state index contributed by atoms with van der Waals surface area (Å²) in [6.45, 7) is 3.64. The Labute approximate surface area is 197 Å². The van der Waals surface area contributed by atoms with E-state index in [0.717, 1.165) is 72.3 Å². The molecular weight excluding hydrogens is 426 g/mol. The number of aliphatic hydroxyl groups excluding tert-OH is 1. The number of H-pyrrole nitrogens is 1. The standard InChI is InChI=1S/C27H29N5O2/c1-30-8-10-31(11-9-30)23-14-24-21(13-18(23)16-33)26(34)25-20-7-6-17(15-28)12-22(20)29-27(25)32(24)19-4-2-3-5-19/h6-7,12-14,19,29,33H,2-5,8-11,16H2,1H3. The molecule has 1 saturated carbocycles. The van der Waals surface area contributed by atoms with E-state index in [1.165, 1.54) is 12.8 Å². The van der Waals surface area contributed by atoms with E-state index in [1.54, 1.807) is 6.07 Å². The molecule has 174 valence electrons. The quantitative estimate of drug-likeness (QED) is 0.490. The van der Waals surface area contributed by atoms with Gasteiger partial charge in [-0.3, -0.25) is 4.79 Å². The van der Waals surface area contributed by atoms with E-state index >= 15 is 0 Å². The summed E-state index contributed by atoms with van der Waals surface area (Å²) in [6.07, 6.45) is 4.52. The fourth-order valence-corrected chi connectivity index (χ4v) is 5.93. The van der Waals surface area contributed by atoms with Crippen molar-refractivity contribution in [1.82, 2.24) is 14.5 Å². The van der Waals surface area contributed by atoms with E-state index in [1.807, 2.05) is 18.2 Å². The third kappa shape index (κ3) is 3.21. The minimum Gasteiger partial charge on any atom is -0.392 e. The molecule has 6 rings (SSSR count). The van der Waals surface area contributed by atoms with Crippen LogP contribution in [0.25, 0.3) is 32.8 Å². The van der Waals surface area contributed by atoms with E-state index in [0.29, 0.717) is 22.4 Å². The Morgan fingerprint density at radius 3 is 2.56 bits per heavy atom. The van der Waals surface area contributed by atoms with Crippen LogP contribution in [0.2, 0.25) is 0 Å². The third-order valence-electron chi connectivity index (χ3n) is 7.78. The van der Waals surface area contributed by atoms with Gasteiger partial charge >= 0.3 is 0 Å². The molecule has 1 aliphatic heterocycles. The van der Waals surface area contributed by atoms with Crippen LogP contribution in [0.5, 0.6) is 0 Å². The summed E-state index contributed by atoms with van der Waals surface area (Å²) in [5.74, 6) is 0. The molecule has 0 spiro atoms. The lowest BCUT2D eigenvalue weighted by atomic mass is 10.0. The Bertz CT molecular complexity index is 1510. The van der Waals surface area contributed by atoms with Gasteiger partial charge in [0.05, 0.1) is 29.1 Å². The summed E-state index contributed by atoms with van der Waals surface area (Å²) < 4.78 is 2.34. The zero-order valence-corrected chi connectivity index (χ0v) is 19.5. The number of aromatic nitrogens is 2. The number of rotatable bonds is 3. The SMILES string of the molecule is CN1CCN(c2cc3c(cc2CO)c(=O)c2c4ccc(C#N)cc4[nH]c2n3C2CCCC2)CC1. The predicted octanol–water partition coefficient (Wildman–Crippen LogP) is 3.87. The second kappa shape index (κ2) is 8.15. The number of hydrogen-bond acceptors (Lipinski definition) is 5. The molecule has 2 aromatic heterocycles.